The molecule has 0 atom stereocenters. The van der Waals surface area contributed by atoms with E-state index < -0.39 is 0 Å². The Morgan fingerprint density at radius 3 is 2.40 bits per heavy atom. The molecule has 0 radical (unpaired) electrons. The van der Waals surface area contributed by atoms with Gasteiger partial charge in [0, 0.05) is 12.1 Å². The zero-order chi connectivity index (χ0) is 17.5. The van der Waals surface area contributed by atoms with E-state index in [9.17, 15) is 0 Å². The summed E-state index contributed by atoms with van der Waals surface area (Å²) >= 11 is 5.52. The molecule has 25 heavy (non-hydrogen) atoms. The highest BCUT2D eigenvalue weighted by molar-refractivity contribution is 7.80. The van der Waals surface area contributed by atoms with Crippen LogP contribution in [0, 0.1) is 6.92 Å². The summed E-state index contributed by atoms with van der Waals surface area (Å²) in [6.07, 6.45) is 0. The number of rotatable bonds is 6. The Hall–Kier alpha value is -2.65. The van der Waals surface area contributed by atoms with Gasteiger partial charge in [-0.2, -0.15) is 0 Å². The molecular formula is C22H21NOS. The maximum Gasteiger partial charge on any atom is 0.120 e. The molecule has 3 rings (SSSR count). The van der Waals surface area contributed by atoms with Crippen molar-refractivity contribution in [1.29, 1.82) is 0 Å². The molecule has 0 aliphatic rings. The van der Waals surface area contributed by atoms with E-state index in [1.165, 1.54) is 11.1 Å². The largest absolute Gasteiger partial charge is 0.489 e. The molecular weight excluding hydrogens is 326 g/mol. The predicted octanol–water partition coefficient (Wildman–Crippen LogP) is 5.04. The van der Waals surface area contributed by atoms with E-state index >= 15 is 0 Å². The standard InChI is InChI=1S/C22H21NOS/c1-17-10-12-18(13-11-17)15-23-22(25)20-8-5-9-21(14-20)24-16-19-6-3-2-4-7-19/h2-14H,15-16H2,1H3,(H,23,25). The van der Waals surface area contributed by atoms with Gasteiger partial charge in [-0.05, 0) is 30.2 Å². The SMILES string of the molecule is Cc1ccc(CNC(=S)c2cccc(OCc3ccccc3)c2)cc1. The minimum absolute atomic E-state index is 0.549. The van der Waals surface area contributed by atoms with E-state index in [0.717, 1.165) is 21.9 Å². The normalized spacial score (nSPS) is 10.3. The molecule has 0 heterocycles. The lowest BCUT2D eigenvalue weighted by Gasteiger charge is -2.11. The Kier molecular flexibility index (Phi) is 5.81. The first-order valence-corrected chi connectivity index (χ1v) is 8.72. The van der Waals surface area contributed by atoms with Crippen LogP contribution in [0.2, 0.25) is 0 Å². The molecule has 0 saturated carbocycles. The van der Waals surface area contributed by atoms with Gasteiger partial charge in [0.05, 0.1) is 0 Å². The van der Waals surface area contributed by atoms with Crippen molar-refractivity contribution >= 4 is 17.2 Å². The molecule has 3 aromatic rings. The lowest BCUT2D eigenvalue weighted by atomic mass is 10.1. The van der Waals surface area contributed by atoms with Gasteiger partial charge < -0.3 is 10.1 Å². The summed E-state index contributed by atoms with van der Waals surface area (Å²) in [7, 11) is 0. The smallest absolute Gasteiger partial charge is 0.120 e. The number of nitrogens with one attached hydrogen (secondary N) is 1. The quantitative estimate of drug-likeness (QED) is 0.631. The predicted molar refractivity (Wildman–Crippen MR) is 107 cm³/mol. The van der Waals surface area contributed by atoms with Crippen molar-refractivity contribution in [3.63, 3.8) is 0 Å². The Morgan fingerprint density at radius 1 is 0.880 bits per heavy atom. The molecule has 0 aliphatic carbocycles. The second-order valence-corrected chi connectivity index (χ2v) is 6.38. The summed E-state index contributed by atoms with van der Waals surface area (Å²) in [5, 5.41) is 3.31. The molecule has 0 aliphatic heterocycles. The highest BCUT2D eigenvalue weighted by Gasteiger charge is 2.04. The lowest BCUT2D eigenvalue weighted by molar-refractivity contribution is 0.306. The van der Waals surface area contributed by atoms with Crippen LogP contribution in [-0.4, -0.2) is 4.99 Å². The van der Waals surface area contributed by atoms with E-state index in [1.807, 2.05) is 42.5 Å². The van der Waals surface area contributed by atoms with Crippen LogP contribution in [0.5, 0.6) is 5.75 Å². The number of thiocarbonyl (C=S) groups is 1. The van der Waals surface area contributed by atoms with Crippen molar-refractivity contribution in [2.24, 2.45) is 0 Å². The van der Waals surface area contributed by atoms with Crippen LogP contribution in [0.25, 0.3) is 0 Å². The van der Waals surface area contributed by atoms with Crippen LogP contribution in [0.15, 0.2) is 78.9 Å². The summed E-state index contributed by atoms with van der Waals surface area (Å²) < 4.78 is 5.87. The number of hydrogen-bond donors (Lipinski definition) is 1. The van der Waals surface area contributed by atoms with Gasteiger partial charge in [0.2, 0.25) is 0 Å². The molecule has 1 N–H and O–H groups in total. The molecule has 126 valence electrons. The van der Waals surface area contributed by atoms with Gasteiger partial charge in [-0.25, -0.2) is 0 Å². The van der Waals surface area contributed by atoms with E-state index in [-0.39, 0.29) is 0 Å². The van der Waals surface area contributed by atoms with Crippen molar-refractivity contribution in [3.8, 4) is 5.75 Å². The maximum absolute atomic E-state index is 5.87. The van der Waals surface area contributed by atoms with Gasteiger partial charge in [0.1, 0.15) is 17.3 Å². The Labute approximate surface area is 154 Å². The zero-order valence-corrected chi connectivity index (χ0v) is 15.1. The van der Waals surface area contributed by atoms with Gasteiger partial charge in [0.15, 0.2) is 0 Å². The van der Waals surface area contributed by atoms with Gasteiger partial charge in [0.25, 0.3) is 0 Å². The Bertz CT molecular complexity index is 828. The second kappa shape index (κ2) is 8.45. The fourth-order valence-corrected chi connectivity index (χ4v) is 2.66. The third kappa shape index (κ3) is 5.16. The molecule has 3 aromatic carbocycles. The van der Waals surface area contributed by atoms with Crippen molar-refractivity contribution < 1.29 is 4.74 Å². The van der Waals surface area contributed by atoms with Crippen LogP contribution < -0.4 is 10.1 Å². The average molecular weight is 347 g/mol. The fraction of sp³-hybridized carbons (Fsp3) is 0.136. The molecule has 0 spiro atoms. The minimum atomic E-state index is 0.549. The summed E-state index contributed by atoms with van der Waals surface area (Å²) in [5.41, 5.74) is 4.58. The van der Waals surface area contributed by atoms with Gasteiger partial charge in [-0.15, -0.1) is 0 Å². The summed E-state index contributed by atoms with van der Waals surface area (Å²) in [6.45, 7) is 3.35. The third-order valence-electron chi connectivity index (χ3n) is 3.92. The van der Waals surface area contributed by atoms with Gasteiger partial charge in [-0.1, -0.05) is 84.5 Å². The minimum Gasteiger partial charge on any atom is -0.489 e. The highest BCUT2D eigenvalue weighted by atomic mass is 32.1. The maximum atomic E-state index is 5.87. The number of benzene rings is 3. The molecule has 0 saturated heterocycles. The van der Waals surface area contributed by atoms with E-state index in [2.05, 4.69) is 48.6 Å². The first-order chi connectivity index (χ1) is 12.2. The molecule has 0 fully saturated rings. The fourth-order valence-electron chi connectivity index (χ4n) is 2.46. The third-order valence-corrected chi connectivity index (χ3v) is 4.30. The van der Waals surface area contributed by atoms with E-state index in [0.29, 0.717) is 13.2 Å². The molecule has 0 unspecified atom stereocenters. The highest BCUT2D eigenvalue weighted by Crippen LogP contribution is 2.16. The first kappa shape index (κ1) is 17.2. The van der Waals surface area contributed by atoms with Crippen LogP contribution in [0.3, 0.4) is 0 Å². The van der Waals surface area contributed by atoms with Crippen molar-refractivity contribution in [2.45, 2.75) is 20.1 Å². The Morgan fingerprint density at radius 2 is 1.64 bits per heavy atom. The van der Waals surface area contributed by atoms with Crippen LogP contribution in [-0.2, 0) is 13.2 Å². The number of ether oxygens (including phenoxy) is 1. The van der Waals surface area contributed by atoms with Gasteiger partial charge >= 0.3 is 0 Å². The van der Waals surface area contributed by atoms with E-state index in [1.54, 1.807) is 0 Å². The van der Waals surface area contributed by atoms with Crippen molar-refractivity contribution in [2.75, 3.05) is 0 Å². The van der Waals surface area contributed by atoms with E-state index in [4.69, 9.17) is 17.0 Å². The van der Waals surface area contributed by atoms with Crippen LogP contribution >= 0.6 is 12.2 Å². The van der Waals surface area contributed by atoms with Crippen LogP contribution in [0.1, 0.15) is 22.3 Å². The molecule has 0 aromatic heterocycles. The topological polar surface area (TPSA) is 21.3 Å². The number of hydrogen-bond acceptors (Lipinski definition) is 2. The summed E-state index contributed by atoms with van der Waals surface area (Å²) in [5.74, 6) is 0.820. The average Bonchev–Trinajstić information content (AvgIpc) is 2.67. The van der Waals surface area contributed by atoms with Crippen molar-refractivity contribution in [1.82, 2.24) is 5.32 Å². The second-order valence-electron chi connectivity index (χ2n) is 5.97. The summed E-state index contributed by atoms with van der Waals surface area (Å²) in [4.78, 5) is 0.728. The first-order valence-electron chi connectivity index (χ1n) is 8.31. The van der Waals surface area contributed by atoms with Crippen molar-refractivity contribution in [3.05, 3.63) is 101 Å². The molecule has 3 heteroatoms. The van der Waals surface area contributed by atoms with Gasteiger partial charge in [-0.3, -0.25) is 0 Å². The molecule has 0 bridgehead atoms. The summed E-state index contributed by atoms with van der Waals surface area (Å²) in [6, 6.07) is 26.5. The zero-order valence-electron chi connectivity index (χ0n) is 14.2. The number of aryl methyl sites for hydroxylation is 1. The lowest BCUT2D eigenvalue weighted by Crippen LogP contribution is -2.21. The Balaban J connectivity index is 1.58. The van der Waals surface area contributed by atoms with Crippen LogP contribution in [0.4, 0.5) is 0 Å². The molecule has 0 amide bonds. The molecule has 2 nitrogen and oxygen atoms in total. The monoisotopic (exact) mass is 347 g/mol.